The van der Waals surface area contributed by atoms with Crippen LogP contribution in [0.2, 0.25) is 0 Å². The van der Waals surface area contributed by atoms with Gasteiger partial charge in [0.1, 0.15) is 0 Å². The number of benzene rings is 1. The number of rotatable bonds is 11. The maximum atomic E-state index is 5.51. The Morgan fingerprint density at radius 3 is 2.13 bits per heavy atom. The van der Waals surface area contributed by atoms with Crippen LogP contribution in [0.3, 0.4) is 0 Å². The number of nitrogens with one attached hydrogen (secondary N) is 2. The fourth-order valence-electron chi connectivity index (χ4n) is 4.85. The Kier molecular flexibility index (Phi) is 10.0. The van der Waals surface area contributed by atoms with Crippen LogP contribution in [0.25, 0.3) is 11.4 Å². The summed E-state index contributed by atoms with van der Waals surface area (Å²) in [5.41, 5.74) is 2.49. The molecule has 0 saturated carbocycles. The summed E-state index contributed by atoms with van der Waals surface area (Å²) >= 11 is 0. The number of azo groups is 1. The van der Waals surface area contributed by atoms with Crippen LogP contribution in [0.5, 0.6) is 0 Å². The van der Waals surface area contributed by atoms with Crippen molar-refractivity contribution >= 4 is 17.3 Å². The van der Waals surface area contributed by atoms with Crippen molar-refractivity contribution in [3.05, 3.63) is 54.3 Å². The first kappa shape index (κ1) is 27.4. The fourth-order valence-corrected chi connectivity index (χ4v) is 4.85. The third-order valence-electron chi connectivity index (χ3n) is 7.30. The maximum Gasteiger partial charge on any atom is 0.170 e. The van der Waals surface area contributed by atoms with Crippen molar-refractivity contribution in [1.29, 1.82) is 0 Å². The molecular weight excluding hydrogens is 490 g/mol. The predicted molar refractivity (Wildman–Crippen MR) is 157 cm³/mol. The molecule has 2 aromatic rings. The lowest BCUT2D eigenvalue weighted by Crippen LogP contribution is -2.45. The molecule has 10 heteroatoms. The summed E-state index contributed by atoms with van der Waals surface area (Å²) in [6, 6.07) is 10.1. The van der Waals surface area contributed by atoms with Crippen LogP contribution in [0.1, 0.15) is 12.8 Å². The molecule has 2 aliphatic heterocycles. The first-order chi connectivity index (χ1) is 19.2. The Morgan fingerprint density at radius 1 is 0.821 bits per heavy atom. The van der Waals surface area contributed by atoms with E-state index >= 15 is 0 Å². The number of nitrogens with zero attached hydrogens (tertiary/aromatic N) is 7. The summed E-state index contributed by atoms with van der Waals surface area (Å²) in [6.45, 7) is 11.2. The van der Waals surface area contributed by atoms with Crippen molar-refractivity contribution in [2.24, 2.45) is 10.2 Å². The second-order valence-electron chi connectivity index (χ2n) is 10.2. The van der Waals surface area contributed by atoms with E-state index in [0.717, 1.165) is 103 Å². The topological polar surface area (TPSA) is 93.5 Å². The van der Waals surface area contributed by atoms with Gasteiger partial charge in [0.15, 0.2) is 23.1 Å². The highest BCUT2D eigenvalue weighted by Gasteiger charge is 2.18. The fraction of sp³-hybridized carbons (Fsp3) is 0.517. The summed E-state index contributed by atoms with van der Waals surface area (Å²) in [4.78, 5) is 17.2. The van der Waals surface area contributed by atoms with Crippen LogP contribution >= 0.6 is 0 Å². The molecule has 0 unspecified atom stereocenters. The van der Waals surface area contributed by atoms with E-state index in [2.05, 4.69) is 49.6 Å². The number of piperazine rings is 1. The van der Waals surface area contributed by atoms with E-state index in [1.165, 1.54) is 0 Å². The molecule has 2 fully saturated rings. The lowest BCUT2D eigenvalue weighted by Gasteiger charge is -2.32. The zero-order valence-corrected chi connectivity index (χ0v) is 23.1. The van der Waals surface area contributed by atoms with Gasteiger partial charge in [0.2, 0.25) is 0 Å². The molecule has 10 nitrogen and oxygen atoms in total. The number of allylic oxidation sites excluding steroid dienone is 3. The Balaban J connectivity index is 1.39. The van der Waals surface area contributed by atoms with E-state index in [0.29, 0.717) is 23.1 Å². The van der Waals surface area contributed by atoms with Gasteiger partial charge in [-0.1, -0.05) is 42.5 Å². The number of aromatic nitrogens is 2. The highest BCUT2D eigenvalue weighted by Crippen LogP contribution is 2.34. The highest BCUT2D eigenvalue weighted by atomic mass is 16.5. The van der Waals surface area contributed by atoms with Crippen LogP contribution in [-0.2, 0) is 4.74 Å². The third kappa shape index (κ3) is 8.15. The van der Waals surface area contributed by atoms with Gasteiger partial charge in [-0.05, 0) is 26.0 Å². The van der Waals surface area contributed by atoms with Crippen LogP contribution in [0.15, 0.2) is 64.5 Å². The van der Waals surface area contributed by atoms with Crippen LogP contribution in [-0.4, -0.2) is 110 Å². The third-order valence-corrected chi connectivity index (χ3v) is 7.30. The van der Waals surface area contributed by atoms with Crippen molar-refractivity contribution < 1.29 is 4.74 Å². The molecule has 208 valence electrons. The largest absolute Gasteiger partial charge is 0.379 e. The predicted octanol–water partition coefficient (Wildman–Crippen LogP) is 3.86. The van der Waals surface area contributed by atoms with Crippen LogP contribution < -0.4 is 10.6 Å². The van der Waals surface area contributed by atoms with Crippen LogP contribution in [0, 0.1) is 0 Å². The number of morpholine rings is 1. The van der Waals surface area contributed by atoms with Crippen LogP contribution in [0.4, 0.5) is 17.3 Å². The van der Waals surface area contributed by atoms with E-state index in [-0.39, 0.29) is 0 Å². The number of hydrogen-bond acceptors (Lipinski definition) is 10. The van der Waals surface area contributed by atoms with Crippen molar-refractivity contribution in [3.63, 3.8) is 0 Å². The first-order valence-electron chi connectivity index (χ1n) is 14.2. The molecule has 3 heterocycles. The van der Waals surface area contributed by atoms with Gasteiger partial charge in [-0.2, -0.15) is 5.11 Å². The number of ether oxygens (including phenoxy) is 1. The first-order valence-corrected chi connectivity index (χ1v) is 14.2. The molecule has 0 amide bonds. The van der Waals surface area contributed by atoms with E-state index in [4.69, 9.17) is 19.8 Å². The molecule has 3 aliphatic rings. The Hall–Kier alpha value is -3.18. The van der Waals surface area contributed by atoms with Crippen molar-refractivity contribution in [1.82, 2.24) is 24.7 Å². The zero-order chi connectivity index (χ0) is 26.7. The SMILES string of the molecule is CN1CCN(CCNc2nc(-c3ccccc3)nc(NCCN3CCOCC3)c2N=NC2=CCCC=C2)CC1. The quantitative estimate of drug-likeness (QED) is 0.422. The standard InChI is InChI=1S/C29H41N9O/c1-36-16-18-37(19-17-36)14-12-30-28-26(35-34-25-10-6-3-7-11-25)29(31-13-15-38-20-22-39-23-21-38)33-27(32-28)24-8-4-2-5-9-24/h2,4-6,8-11H,3,7,12-23H2,1H3,(H2,30,31,32,33). The van der Waals surface area contributed by atoms with Gasteiger partial charge in [-0.25, -0.2) is 9.97 Å². The summed E-state index contributed by atoms with van der Waals surface area (Å²) < 4.78 is 5.51. The van der Waals surface area contributed by atoms with Crippen molar-refractivity contribution in [2.45, 2.75) is 12.8 Å². The Bertz CT molecular complexity index is 1140. The average molecular weight is 532 g/mol. The second kappa shape index (κ2) is 14.3. The monoisotopic (exact) mass is 531 g/mol. The minimum Gasteiger partial charge on any atom is -0.379 e. The molecular formula is C29H41N9O. The van der Waals surface area contributed by atoms with E-state index in [1.807, 2.05) is 36.4 Å². The smallest absolute Gasteiger partial charge is 0.170 e. The molecule has 1 aliphatic carbocycles. The van der Waals surface area contributed by atoms with Crippen molar-refractivity contribution in [3.8, 4) is 11.4 Å². The lowest BCUT2D eigenvalue weighted by atomic mass is 10.2. The summed E-state index contributed by atoms with van der Waals surface area (Å²) in [7, 11) is 2.18. The number of likely N-dealkylation sites (N-methyl/N-ethyl adjacent to an activating group) is 1. The summed E-state index contributed by atoms with van der Waals surface area (Å²) in [5.74, 6) is 2.07. The molecule has 39 heavy (non-hydrogen) atoms. The molecule has 1 aromatic heterocycles. The molecule has 2 N–H and O–H groups in total. The molecule has 0 atom stereocenters. The van der Waals surface area contributed by atoms with Gasteiger partial charge in [0, 0.05) is 71.0 Å². The molecule has 0 bridgehead atoms. The van der Waals surface area contributed by atoms with E-state index < -0.39 is 0 Å². The van der Waals surface area contributed by atoms with Gasteiger partial charge in [-0.15, -0.1) is 5.11 Å². The second-order valence-corrected chi connectivity index (χ2v) is 10.2. The Morgan fingerprint density at radius 2 is 1.49 bits per heavy atom. The lowest BCUT2D eigenvalue weighted by molar-refractivity contribution is 0.0398. The van der Waals surface area contributed by atoms with Gasteiger partial charge < -0.3 is 20.3 Å². The van der Waals surface area contributed by atoms with Crippen molar-refractivity contribution in [2.75, 3.05) is 96.3 Å². The maximum absolute atomic E-state index is 5.51. The molecule has 2 saturated heterocycles. The minimum absolute atomic E-state index is 0.648. The van der Waals surface area contributed by atoms with Gasteiger partial charge in [0.25, 0.3) is 0 Å². The average Bonchev–Trinajstić information content (AvgIpc) is 2.99. The minimum atomic E-state index is 0.648. The molecule has 5 rings (SSSR count). The highest BCUT2D eigenvalue weighted by molar-refractivity contribution is 5.77. The van der Waals surface area contributed by atoms with Gasteiger partial charge in [0.05, 0.1) is 18.9 Å². The molecule has 0 spiro atoms. The van der Waals surface area contributed by atoms with Gasteiger partial charge in [-0.3, -0.25) is 9.80 Å². The van der Waals surface area contributed by atoms with Gasteiger partial charge >= 0.3 is 0 Å². The molecule has 0 radical (unpaired) electrons. The number of hydrogen-bond donors (Lipinski definition) is 2. The summed E-state index contributed by atoms with van der Waals surface area (Å²) in [6.07, 6.45) is 8.31. The molecule has 1 aromatic carbocycles. The Labute approximate surface area is 231 Å². The summed E-state index contributed by atoms with van der Waals surface area (Å²) in [5, 5.41) is 16.4. The normalized spacial score (nSPS) is 19.4. The number of anilines is 2. The van der Waals surface area contributed by atoms with E-state index in [1.54, 1.807) is 0 Å². The zero-order valence-electron chi connectivity index (χ0n) is 23.1. The van der Waals surface area contributed by atoms with E-state index in [9.17, 15) is 0 Å².